The van der Waals surface area contributed by atoms with Crippen LogP contribution in [-0.2, 0) is 16.0 Å². The summed E-state index contributed by atoms with van der Waals surface area (Å²) in [5.41, 5.74) is 1.55. The van der Waals surface area contributed by atoms with Crippen molar-refractivity contribution in [2.45, 2.75) is 70.3 Å². The third-order valence-corrected chi connectivity index (χ3v) is 8.32. The maximum atomic E-state index is 13.5. The summed E-state index contributed by atoms with van der Waals surface area (Å²) in [6.45, 7) is -4.51. The summed E-state index contributed by atoms with van der Waals surface area (Å²) in [6, 6.07) is 4.66. The Balaban J connectivity index is 1.24. The normalized spacial score (nSPS) is 32.7. The molecule has 202 valence electrons. The lowest BCUT2D eigenvalue weighted by Gasteiger charge is -2.44. The van der Waals surface area contributed by atoms with Crippen LogP contribution in [0.4, 0.5) is 5.69 Å². The summed E-state index contributed by atoms with van der Waals surface area (Å²) < 4.78 is 81.0. The number of aromatic nitrogens is 2. The minimum atomic E-state index is -3.26. The summed E-state index contributed by atoms with van der Waals surface area (Å²) in [6.07, 6.45) is -1.29. The molecule has 8 nitrogen and oxygen atoms in total. The lowest BCUT2D eigenvalue weighted by atomic mass is 9.70. The summed E-state index contributed by atoms with van der Waals surface area (Å²) in [7, 11) is 0. The Labute approximate surface area is 241 Å². The van der Waals surface area contributed by atoms with Crippen LogP contribution in [-0.4, -0.2) is 58.0 Å². The van der Waals surface area contributed by atoms with Gasteiger partial charge in [0, 0.05) is 60.5 Å². The fraction of sp³-hybridized carbons (Fsp3) is 0.484. The van der Waals surface area contributed by atoms with E-state index in [1.54, 1.807) is 24.3 Å². The van der Waals surface area contributed by atoms with Gasteiger partial charge in [0.25, 0.3) is 5.91 Å². The second-order valence-electron chi connectivity index (χ2n) is 11.2. The van der Waals surface area contributed by atoms with Crippen LogP contribution in [0.15, 0.2) is 42.7 Å². The van der Waals surface area contributed by atoms with Crippen molar-refractivity contribution < 1.29 is 26.7 Å². The highest BCUT2D eigenvalue weighted by Gasteiger charge is 2.41. The highest BCUT2D eigenvalue weighted by atomic mass is 16.2. The van der Waals surface area contributed by atoms with Crippen molar-refractivity contribution in [3.8, 4) is 0 Å². The molecule has 8 heteroatoms. The van der Waals surface area contributed by atoms with Crippen LogP contribution in [0.1, 0.15) is 91.6 Å². The zero-order chi connectivity index (χ0) is 34.8. The van der Waals surface area contributed by atoms with Crippen molar-refractivity contribution in [3.05, 3.63) is 59.4 Å². The fourth-order valence-corrected chi connectivity index (χ4v) is 6.07. The Morgan fingerprint density at radius 1 is 1.15 bits per heavy atom. The minimum absolute atomic E-state index is 0.107. The first-order chi connectivity index (χ1) is 22.3. The molecule has 3 aromatic rings. The van der Waals surface area contributed by atoms with E-state index in [-0.39, 0.29) is 31.7 Å². The fourth-order valence-electron chi connectivity index (χ4n) is 6.07. The van der Waals surface area contributed by atoms with Gasteiger partial charge in [0.05, 0.1) is 19.3 Å². The van der Waals surface area contributed by atoms with Gasteiger partial charge in [0.2, 0.25) is 11.8 Å². The number of imide groups is 1. The molecule has 1 atom stereocenters. The van der Waals surface area contributed by atoms with Gasteiger partial charge in [0.15, 0.2) is 0 Å². The van der Waals surface area contributed by atoms with Crippen molar-refractivity contribution in [2.75, 3.05) is 24.4 Å². The molecule has 2 saturated heterocycles. The summed E-state index contributed by atoms with van der Waals surface area (Å²) >= 11 is 0. The van der Waals surface area contributed by atoms with Gasteiger partial charge in [-0.05, 0) is 66.1 Å². The molecular weight excluding hydrogens is 490 g/mol. The number of carbonyl (C=O) groups is 3. The molecule has 4 heterocycles. The number of nitrogens with one attached hydrogen (secondary N) is 1. The molecule has 7 rings (SSSR count). The topological polar surface area (TPSA) is 87.5 Å². The van der Waals surface area contributed by atoms with E-state index in [1.165, 1.54) is 17.3 Å². The van der Waals surface area contributed by atoms with E-state index in [1.807, 2.05) is 13.0 Å². The monoisotopic (exact) mass is 534 g/mol. The molecule has 1 aromatic heterocycles. The third kappa shape index (κ3) is 4.25. The van der Waals surface area contributed by atoms with E-state index < -0.39 is 55.0 Å². The highest BCUT2D eigenvalue weighted by Crippen LogP contribution is 2.42. The Morgan fingerprint density at radius 3 is 2.72 bits per heavy atom. The van der Waals surface area contributed by atoms with Crippen LogP contribution in [0, 0.1) is 5.41 Å². The zero-order valence-electron chi connectivity index (χ0n) is 30.6. The Kier molecular flexibility index (Phi) is 3.95. The van der Waals surface area contributed by atoms with Crippen LogP contribution in [0.5, 0.6) is 0 Å². The molecule has 3 fully saturated rings. The van der Waals surface area contributed by atoms with Crippen LogP contribution >= 0.6 is 0 Å². The quantitative estimate of drug-likeness (QED) is 0.479. The molecule has 1 N–H and O–H groups in total. The van der Waals surface area contributed by atoms with Gasteiger partial charge in [-0.15, -0.1) is 0 Å². The van der Waals surface area contributed by atoms with Crippen molar-refractivity contribution in [1.82, 2.24) is 20.0 Å². The van der Waals surface area contributed by atoms with Gasteiger partial charge in [-0.1, -0.05) is 31.5 Å². The summed E-state index contributed by atoms with van der Waals surface area (Å²) in [4.78, 5) is 40.0. The van der Waals surface area contributed by atoms with Crippen LogP contribution in [0.3, 0.4) is 0 Å². The van der Waals surface area contributed by atoms with Crippen molar-refractivity contribution in [1.29, 1.82) is 0 Å². The van der Waals surface area contributed by atoms with E-state index in [9.17, 15) is 15.8 Å². The number of amides is 3. The third-order valence-electron chi connectivity index (χ3n) is 8.32. The first-order valence-corrected chi connectivity index (χ1v) is 13.3. The number of carbonyl (C=O) groups excluding carboxylic acids is 3. The van der Waals surface area contributed by atoms with E-state index in [0.717, 1.165) is 6.42 Å². The molecule has 0 radical (unpaired) electrons. The van der Waals surface area contributed by atoms with Gasteiger partial charge in [-0.25, -0.2) is 0 Å². The van der Waals surface area contributed by atoms with Crippen molar-refractivity contribution in [3.63, 3.8) is 0 Å². The molecule has 0 spiro atoms. The van der Waals surface area contributed by atoms with E-state index >= 15 is 0 Å². The van der Waals surface area contributed by atoms with Crippen molar-refractivity contribution >= 4 is 34.2 Å². The first-order valence-electron chi connectivity index (χ1n) is 17.8. The molecule has 2 aromatic carbocycles. The number of hydrogen-bond acceptors (Lipinski definition) is 5. The number of nitrogens with zero attached hydrogens (tertiary/aromatic N) is 4. The Bertz CT molecular complexity index is 1860. The number of benzene rings is 2. The number of hydrogen-bond donors (Lipinski definition) is 1. The minimum Gasteiger partial charge on any atom is -0.303 e. The van der Waals surface area contributed by atoms with Crippen molar-refractivity contribution in [2.24, 2.45) is 5.41 Å². The lowest BCUT2D eigenvalue weighted by Crippen LogP contribution is -2.53. The van der Waals surface area contributed by atoms with Gasteiger partial charge in [-0.2, -0.15) is 5.10 Å². The Morgan fingerprint density at radius 2 is 1.97 bits per heavy atom. The van der Waals surface area contributed by atoms with Crippen LogP contribution < -0.4 is 10.2 Å². The molecule has 3 aliphatic heterocycles. The maximum Gasteiger partial charge on any atom is 0.259 e. The number of likely N-dealkylation sites (tertiary alicyclic amines) is 1. The molecule has 1 unspecified atom stereocenters. The van der Waals surface area contributed by atoms with E-state index in [0.29, 0.717) is 55.6 Å². The van der Waals surface area contributed by atoms with Gasteiger partial charge in [0.1, 0.15) is 6.04 Å². The molecule has 1 saturated carbocycles. The van der Waals surface area contributed by atoms with Gasteiger partial charge >= 0.3 is 0 Å². The Hall–Kier alpha value is -3.52. The van der Waals surface area contributed by atoms with Gasteiger partial charge in [-0.3, -0.25) is 29.3 Å². The molecular formula is C31H35N5O3. The SMILES string of the molecule is [2H]C1([2H])N(CC2(C)CCC2)C([2H])([2H])C([2H])([2H])C([2H])(n2cc(Cc3ccc4c5c(cccc35)C(=O)N4C3CCC(=O)NC3=O)cn2)C1([2H])[2H]. The highest BCUT2D eigenvalue weighted by molar-refractivity contribution is 6.27. The lowest BCUT2D eigenvalue weighted by molar-refractivity contribution is -0.134. The standard InChI is InChI=1S/C31H35N5O3/c1-31(12-3-13-31)19-34-14-10-22(11-15-34)35-18-20(17-32-35)16-21-6-7-25-28-23(21)4-2-5-24(28)30(39)36(25)26-8-9-27(37)33-29(26)38/h2,4-7,17-18,22,26H,3,8-16,19H2,1H3,(H,33,37,38)/i10D2,11D2,14D2,15D2,22D. The average molecular weight is 535 g/mol. The summed E-state index contributed by atoms with van der Waals surface area (Å²) in [5, 5.41) is 7.76. The molecule has 39 heavy (non-hydrogen) atoms. The number of rotatable bonds is 6. The smallest absolute Gasteiger partial charge is 0.259 e. The zero-order valence-corrected chi connectivity index (χ0v) is 21.6. The molecule has 1 aliphatic carbocycles. The number of anilines is 1. The maximum absolute atomic E-state index is 13.5. The van der Waals surface area contributed by atoms with Gasteiger partial charge < -0.3 is 4.90 Å². The first kappa shape index (κ1) is 16.6. The van der Waals surface area contributed by atoms with E-state index in [2.05, 4.69) is 10.4 Å². The largest absolute Gasteiger partial charge is 0.303 e. The molecule has 0 bridgehead atoms. The van der Waals surface area contributed by atoms with E-state index in [4.69, 9.17) is 11.0 Å². The van der Waals surface area contributed by atoms with Crippen LogP contribution in [0.25, 0.3) is 10.8 Å². The second-order valence-corrected chi connectivity index (χ2v) is 11.2. The van der Waals surface area contributed by atoms with Crippen LogP contribution in [0.2, 0.25) is 0 Å². The molecule has 3 amide bonds. The number of piperidine rings is 2. The summed E-state index contributed by atoms with van der Waals surface area (Å²) in [5.74, 6) is -1.30. The second kappa shape index (κ2) is 9.30. The predicted octanol–water partition coefficient (Wildman–Crippen LogP) is 4.22. The average Bonchev–Trinajstić information content (AvgIpc) is 3.58. The predicted molar refractivity (Wildman–Crippen MR) is 149 cm³/mol. The molecule has 4 aliphatic rings.